The zero-order valence-electron chi connectivity index (χ0n) is 17.8. The average Bonchev–Trinajstić information content (AvgIpc) is 3.02. The Morgan fingerprint density at radius 1 is 1.45 bits per heavy atom. The van der Waals surface area contributed by atoms with Gasteiger partial charge < -0.3 is 15.2 Å². The standard InChI is InChI=1S/C22H32N2O2.CO2/c1-5-16-12-24-10-9-22(25)20-14(2)7-6-8-18(20)23-21(22)19(24)11-17(16)15(3)13-26-4;2-1-3/h6-8,13,16-17,19,21,23,25H,5,9-12H2,1-4H3;/b15-13-;/t16-,17-,19+,21?,22+;/m1./s1. The van der Waals surface area contributed by atoms with Crippen molar-refractivity contribution in [2.45, 2.75) is 57.7 Å². The molecule has 0 amide bonds. The smallest absolute Gasteiger partial charge is 0.373 e. The fourth-order valence-corrected chi connectivity index (χ4v) is 5.83. The van der Waals surface area contributed by atoms with Crippen molar-refractivity contribution in [3.05, 3.63) is 41.2 Å². The minimum atomic E-state index is -0.746. The molecule has 6 nitrogen and oxygen atoms in total. The second-order valence-corrected chi connectivity index (χ2v) is 8.55. The van der Waals surface area contributed by atoms with Gasteiger partial charge in [-0.25, -0.2) is 0 Å². The van der Waals surface area contributed by atoms with Crippen molar-refractivity contribution in [3.63, 3.8) is 0 Å². The third-order valence-electron chi connectivity index (χ3n) is 7.11. The molecule has 6 heteroatoms. The van der Waals surface area contributed by atoms with Crippen molar-refractivity contribution in [2.24, 2.45) is 11.8 Å². The summed E-state index contributed by atoms with van der Waals surface area (Å²) in [4.78, 5) is 18.9. The number of benzene rings is 1. The fraction of sp³-hybridized carbons (Fsp3) is 0.609. The highest BCUT2D eigenvalue weighted by Gasteiger charge is 2.55. The second kappa shape index (κ2) is 8.70. The summed E-state index contributed by atoms with van der Waals surface area (Å²) in [5.41, 5.74) is 4.03. The topological polar surface area (TPSA) is 78.9 Å². The lowest BCUT2D eigenvalue weighted by Gasteiger charge is -2.53. The van der Waals surface area contributed by atoms with Gasteiger partial charge in [-0.2, -0.15) is 9.59 Å². The molecule has 1 aromatic carbocycles. The van der Waals surface area contributed by atoms with Gasteiger partial charge in [0.15, 0.2) is 0 Å². The van der Waals surface area contributed by atoms with Gasteiger partial charge in [-0.05, 0) is 55.7 Å². The summed E-state index contributed by atoms with van der Waals surface area (Å²) in [5, 5.41) is 15.4. The molecule has 158 valence electrons. The molecule has 2 saturated heterocycles. The number of carbonyl (C=O) groups excluding carboxylic acids is 2. The van der Waals surface area contributed by atoms with Gasteiger partial charge in [0, 0.05) is 30.4 Å². The zero-order valence-corrected chi connectivity index (χ0v) is 17.8. The first-order valence-corrected chi connectivity index (χ1v) is 10.4. The Balaban J connectivity index is 0.000000755. The molecule has 0 aliphatic carbocycles. The lowest BCUT2D eigenvalue weighted by molar-refractivity contribution is -0.191. The van der Waals surface area contributed by atoms with Crippen molar-refractivity contribution < 1.29 is 19.4 Å². The molecule has 0 saturated carbocycles. The van der Waals surface area contributed by atoms with Gasteiger partial charge in [0.1, 0.15) is 5.60 Å². The number of nitrogens with zero attached hydrogens (tertiary/aromatic N) is 1. The van der Waals surface area contributed by atoms with Crippen LogP contribution in [0.25, 0.3) is 0 Å². The third-order valence-corrected chi connectivity index (χ3v) is 7.11. The van der Waals surface area contributed by atoms with E-state index < -0.39 is 5.60 Å². The minimum Gasteiger partial charge on any atom is -0.504 e. The van der Waals surface area contributed by atoms with E-state index in [4.69, 9.17) is 14.3 Å². The Hall–Kier alpha value is -2.14. The van der Waals surface area contributed by atoms with Crippen LogP contribution in [-0.2, 0) is 19.9 Å². The number of allylic oxidation sites excluding steroid dienone is 1. The van der Waals surface area contributed by atoms with Gasteiger partial charge >= 0.3 is 6.15 Å². The second-order valence-electron chi connectivity index (χ2n) is 8.55. The van der Waals surface area contributed by atoms with E-state index in [1.807, 2.05) is 6.26 Å². The van der Waals surface area contributed by atoms with E-state index in [9.17, 15) is 5.11 Å². The Kier molecular flexibility index (Phi) is 6.47. The molecular weight excluding hydrogens is 368 g/mol. The molecule has 1 aromatic rings. The maximum Gasteiger partial charge on any atom is 0.373 e. The Morgan fingerprint density at radius 2 is 2.17 bits per heavy atom. The van der Waals surface area contributed by atoms with Gasteiger partial charge in [-0.15, -0.1) is 0 Å². The van der Waals surface area contributed by atoms with E-state index in [-0.39, 0.29) is 12.2 Å². The predicted molar refractivity (Wildman–Crippen MR) is 110 cm³/mol. The predicted octanol–water partition coefficient (Wildman–Crippen LogP) is 3.06. The van der Waals surface area contributed by atoms with Crippen molar-refractivity contribution >= 4 is 11.8 Å². The van der Waals surface area contributed by atoms with Gasteiger partial charge in [-0.3, -0.25) is 4.90 Å². The first-order valence-electron chi connectivity index (χ1n) is 10.4. The summed E-state index contributed by atoms with van der Waals surface area (Å²) in [5.74, 6) is 1.18. The summed E-state index contributed by atoms with van der Waals surface area (Å²) in [6.45, 7) is 8.71. The van der Waals surface area contributed by atoms with E-state index >= 15 is 0 Å². The largest absolute Gasteiger partial charge is 0.504 e. The summed E-state index contributed by atoms with van der Waals surface area (Å²) >= 11 is 0. The van der Waals surface area contributed by atoms with Gasteiger partial charge in [0.2, 0.25) is 0 Å². The van der Waals surface area contributed by atoms with Crippen LogP contribution in [0.3, 0.4) is 0 Å². The minimum absolute atomic E-state index is 0.0722. The van der Waals surface area contributed by atoms with E-state index in [2.05, 4.69) is 49.2 Å². The zero-order chi connectivity index (χ0) is 21.2. The molecule has 5 atom stereocenters. The molecule has 3 aliphatic heterocycles. The number of ether oxygens (including phenoxy) is 1. The lowest BCUT2D eigenvalue weighted by Crippen LogP contribution is -2.63. The highest BCUT2D eigenvalue weighted by molar-refractivity contribution is 5.64. The van der Waals surface area contributed by atoms with Crippen molar-refractivity contribution in [3.8, 4) is 0 Å². The van der Waals surface area contributed by atoms with Gasteiger partial charge in [0.05, 0.1) is 19.4 Å². The molecule has 2 fully saturated rings. The average molecular weight is 401 g/mol. The lowest BCUT2D eigenvalue weighted by atomic mass is 9.69. The Morgan fingerprint density at radius 3 is 2.83 bits per heavy atom. The molecule has 0 aromatic heterocycles. The first kappa shape index (κ1) is 21.6. The molecule has 3 aliphatic rings. The van der Waals surface area contributed by atoms with Gasteiger partial charge in [-0.1, -0.05) is 25.5 Å². The first-order chi connectivity index (χ1) is 13.9. The van der Waals surface area contributed by atoms with Crippen LogP contribution in [-0.4, -0.2) is 48.4 Å². The maximum absolute atomic E-state index is 11.7. The number of aryl methyl sites for hydroxylation is 1. The number of rotatable bonds is 3. The number of nitrogens with one attached hydrogen (secondary N) is 1. The number of fused-ring (bicyclic) bond motifs is 5. The number of methoxy groups -OCH3 is 1. The van der Waals surface area contributed by atoms with Gasteiger partial charge in [0.25, 0.3) is 0 Å². The summed E-state index contributed by atoms with van der Waals surface area (Å²) in [6, 6.07) is 6.75. The van der Waals surface area contributed by atoms with E-state index in [1.54, 1.807) is 7.11 Å². The number of aliphatic hydroxyl groups is 1. The van der Waals surface area contributed by atoms with Crippen LogP contribution in [0.2, 0.25) is 0 Å². The van der Waals surface area contributed by atoms with Crippen molar-refractivity contribution in [1.29, 1.82) is 0 Å². The highest BCUT2D eigenvalue weighted by Crippen LogP contribution is 2.51. The highest BCUT2D eigenvalue weighted by atomic mass is 16.5. The number of hydrogen-bond donors (Lipinski definition) is 2. The molecule has 4 rings (SSSR count). The molecule has 3 heterocycles. The SMILES string of the molecule is CC[C@@H]1CN2CC[C@]3(O)c4c(C)cccc4NC3[C@@H]2C[C@@H]1/C(C)=C\OC.O=C=O. The van der Waals surface area contributed by atoms with Crippen LogP contribution in [0.4, 0.5) is 5.69 Å². The number of anilines is 1. The molecule has 0 bridgehead atoms. The Labute approximate surface area is 172 Å². The quantitative estimate of drug-likeness (QED) is 0.760. The molecule has 2 N–H and O–H groups in total. The van der Waals surface area contributed by atoms with Crippen molar-refractivity contribution in [1.82, 2.24) is 4.90 Å². The maximum atomic E-state index is 11.7. The molecule has 0 spiro atoms. The van der Waals surface area contributed by atoms with Crippen LogP contribution in [0, 0.1) is 18.8 Å². The van der Waals surface area contributed by atoms with E-state index in [1.165, 1.54) is 17.6 Å². The number of piperidine rings is 2. The van der Waals surface area contributed by atoms with E-state index in [0.717, 1.165) is 37.2 Å². The van der Waals surface area contributed by atoms with Crippen LogP contribution in [0.15, 0.2) is 30.0 Å². The summed E-state index contributed by atoms with van der Waals surface area (Å²) < 4.78 is 5.32. The molecule has 29 heavy (non-hydrogen) atoms. The summed E-state index contributed by atoms with van der Waals surface area (Å²) in [6.07, 6.45) is 5.24. The van der Waals surface area contributed by atoms with Crippen LogP contribution < -0.4 is 5.32 Å². The van der Waals surface area contributed by atoms with Crippen LogP contribution in [0.1, 0.15) is 44.2 Å². The van der Waals surface area contributed by atoms with E-state index in [0.29, 0.717) is 17.9 Å². The number of hydrogen-bond acceptors (Lipinski definition) is 6. The van der Waals surface area contributed by atoms with Crippen molar-refractivity contribution in [2.75, 3.05) is 25.5 Å². The monoisotopic (exact) mass is 400 g/mol. The van der Waals surface area contributed by atoms with Crippen LogP contribution >= 0.6 is 0 Å². The third kappa shape index (κ3) is 3.73. The summed E-state index contributed by atoms with van der Waals surface area (Å²) in [7, 11) is 1.73. The normalized spacial score (nSPS) is 33.2. The van der Waals surface area contributed by atoms with Crippen LogP contribution in [0.5, 0.6) is 0 Å². The molecular formula is C23H32N2O4. The molecule has 1 unspecified atom stereocenters. The molecule has 0 radical (unpaired) electrons. The Bertz CT molecular complexity index is 802. The fourth-order valence-electron chi connectivity index (χ4n) is 5.83.